The first-order valence-electron chi connectivity index (χ1n) is 8.20. The molecule has 0 fully saturated rings. The van der Waals surface area contributed by atoms with E-state index in [-0.39, 0.29) is 16.2 Å². The van der Waals surface area contributed by atoms with Gasteiger partial charge in [-0.2, -0.15) is 4.72 Å². The molecule has 0 saturated heterocycles. The van der Waals surface area contributed by atoms with Crippen molar-refractivity contribution in [2.45, 2.75) is 24.8 Å². The molecule has 0 aliphatic carbocycles. The zero-order valence-electron chi connectivity index (χ0n) is 15.1. The third-order valence-electron chi connectivity index (χ3n) is 3.78. The van der Waals surface area contributed by atoms with Gasteiger partial charge in [-0.25, -0.2) is 12.8 Å². The minimum Gasteiger partial charge on any atom is -0.453 e. The summed E-state index contributed by atoms with van der Waals surface area (Å²) in [7, 11) is -4.00. The number of nitrogens with one attached hydrogen (secondary N) is 1. The third-order valence-corrected chi connectivity index (χ3v) is 5.20. The van der Waals surface area contributed by atoms with Gasteiger partial charge in [0, 0.05) is 11.1 Å². The van der Waals surface area contributed by atoms with Gasteiger partial charge in [0.25, 0.3) is 0 Å². The summed E-state index contributed by atoms with van der Waals surface area (Å²) < 4.78 is 44.3. The van der Waals surface area contributed by atoms with Crippen molar-refractivity contribution in [3.05, 3.63) is 65.5 Å². The molecule has 0 unspecified atom stereocenters. The standard InChI is InChI=1S/C19H18FNO6S/c1-12(22)14-5-9-17(10-6-14)28(25,26)21-11-18(23)27-13(2)19(24)15-3-7-16(20)8-4-15/h3-10,13,21H,11H2,1-2H3/t13-/m0/s1. The highest BCUT2D eigenvalue weighted by molar-refractivity contribution is 7.89. The average molecular weight is 407 g/mol. The number of hydrogen-bond acceptors (Lipinski definition) is 6. The number of halogens is 1. The number of sulfonamides is 1. The van der Waals surface area contributed by atoms with Crippen LogP contribution < -0.4 is 4.72 Å². The smallest absolute Gasteiger partial charge is 0.321 e. The normalized spacial score (nSPS) is 12.2. The molecule has 7 nitrogen and oxygen atoms in total. The van der Waals surface area contributed by atoms with Gasteiger partial charge in [0.2, 0.25) is 15.8 Å². The molecule has 9 heteroatoms. The first kappa shape index (κ1) is 21.4. The van der Waals surface area contributed by atoms with Gasteiger partial charge in [-0.15, -0.1) is 0 Å². The Kier molecular flexibility index (Phi) is 6.76. The molecule has 0 radical (unpaired) electrons. The Morgan fingerprint density at radius 3 is 2.07 bits per heavy atom. The molecule has 28 heavy (non-hydrogen) atoms. The van der Waals surface area contributed by atoms with Gasteiger partial charge in [0.05, 0.1) is 4.90 Å². The zero-order valence-corrected chi connectivity index (χ0v) is 16.0. The quantitative estimate of drug-likeness (QED) is 0.531. The van der Waals surface area contributed by atoms with Gasteiger partial charge in [-0.3, -0.25) is 14.4 Å². The van der Waals surface area contributed by atoms with Gasteiger partial charge in [-0.05, 0) is 50.2 Å². The van der Waals surface area contributed by atoms with E-state index in [2.05, 4.69) is 4.72 Å². The molecule has 2 aromatic rings. The van der Waals surface area contributed by atoms with Crippen LogP contribution in [0.4, 0.5) is 4.39 Å². The molecule has 2 rings (SSSR count). The highest BCUT2D eigenvalue weighted by Gasteiger charge is 2.21. The summed E-state index contributed by atoms with van der Waals surface area (Å²) in [5.74, 6) is -2.21. The van der Waals surface area contributed by atoms with Crippen LogP contribution in [0.5, 0.6) is 0 Å². The summed E-state index contributed by atoms with van der Waals surface area (Å²) >= 11 is 0. The average Bonchev–Trinajstić information content (AvgIpc) is 2.66. The number of ketones is 2. The number of rotatable bonds is 8. The van der Waals surface area contributed by atoms with Crippen molar-refractivity contribution in [1.29, 1.82) is 0 Å². The second-order valence-corrected chi connectivity index (χ2v) is 7.68. The first-order valence-corrected chi connectivity index (χ1v) is 9.68. The number of carbonyl (C=O) groups is 3. The molecular weight excluding hydrogens is 389 g/mol. The molecule has 0 spiro atoms. The second-order valence-electron chi connectivity index (χ2n) is 5.91. The van der Waals surface area contributed by atoms with Gasteiger partial charge < -0.3 is 4.74 Å². The van der Waals surface area contributed by atoms with E-state index in [4.69, 9.17) is 4.74 Å². The fourth-order valence-electron chi connectivity index (χ4n) is 2.25. The van der Waals surface area contributed by atoms with E-state index in [0.717, 1.165) is 12.1 Å². The number of esters is 1. The molecule has 0 heterocycles. The number of ether oxygens (including phenoxy) is 1. The van der Waals surface area contributed by atoms with Crippen molar-refractivity contribution in [3.63, 3.8) is 0 Å². The number of benzene rings is 2. The fourth-order valence-corrected chi connectivity index (χ4v) is 3.22. The molecule has 0 saturated carbocycles. The highest BCUT2D eigenvalue weighted by Crippen LogP contribution is 2.11. The lowest BCUT2D eigenvalue weighted by Gasteiger charge is -2.13. The van der Waals surface area contributed by atoms with Gasteiger partial charge in [0.1, 0.15) is 12.4 Å². The Bertz CT molecular complexity index is 984. The summed E-state index contributed by atoms with van der Waals surface area (Å²) in [6, 6.07) is 9.93. The van der Waals surface area contributed by atoms with Gasteiger partial charge in [-0.1, -0.05) is 12.1 Å². The van der Waals surface area contributed by atoms with E-state index in [1.165, 1.54) is 50.2 Å². The van der Waals surface area contributed by atoms with Gasteiger partial charge >= 0.3 is 5.97 Å². The molecule has 0 aromatic heterocycles. The predicted octanol–water partition coefficient (Wildman–Crippen LogP) is 2.12. The Balaban J connectivity index is 1.94. The second kappa shape index (κ2) is 8.85. The van der Waals surface area contributed by atoms with Crippen molar-refractivity contribution in [3.8, 4) is 0 Å². The van der Waals surface area contributed by atoms with E-state index in [1.807, 2.05) is 0 Å². The SMILES string of the molecule is CC(=O)c1ccc(S(=O)(=O)NCC(=O)O[C@@H](C)C(=O)c2ccc(F)cc2)cc1. The maximum atomic E-state index is 12.9. The van der Waals surface area contributed by atoms with Crippen LogP contribution in [-0.2, 0) is 19.6 Å². The molecule has 0 bridgehead atoms. The molecule has 1 atom stereocenters. The van der Waals surface area contributed by atoms with Crippen LogP contribution in [0.15, 0.2) is 53.4 Å². The predicted molar refractivity (Wildman–Crippen MR) is 97.9 cm³/mol. The van der Waals surface area contributed by atoms with Gasteiger partial charge in [0.15, 0.2) is 11.9 Å². The van der Waals surface area contributed by atoms with Crippen LogP contribution in [0.3, 0.4) is 0 Å². The summed E-state index contributed by atoms with van der Waals surface area (Å²) in [5.41, 5.74) is 0.513. The highest BCUT2D eigenvalue weighted by atomic mass is 32.2. The Hall–Kier alpha value is -2.91. The summed E-state index contributed by atoms with van der Waals surface area (Å²) in [6.07, 6.45) is -1.17. The van der Waals surface area contributed by atoms with Crippen LogP contribution >= 0.6 is 0 Å². The number of Topliss-reactive ketones (excluding diaryl/α,β-unsaturated/α-hetero) is 2. The molecular formula is C19H18FNO6S. The van der Waals surface area contributed by atoms with Crippen molar-refractivity contribution in [2.75, 3.05) is 6.54 Å². The van der Waals surface area contributed by atoms with Crippen LogP contribution in [0.2, 0.25) is 0 Å². The fraction of sp³-hybridized carbons (Fsp3) is 0.211. The maximum absolute atomic E-state index is 12.9. The Morgan fingerprint density at radius 2 is 1.54 bits per heavy atom. The molecule has 0 aliphatic heterocycles. The molecule has 148 valence electrons. The van der Waals surface area contributed by atoms with E-state index in [1.54, 1.807) is 0 Å². The van der Waals surface area contributed by atoms with Crippen LogP contribution in [0, 0.1) is 5.82 Å². The minimum absolute atomic E-state index is 0.124. The molecule has 2 aromatic carbocycles. The van der Waals surface area contributed by atoms with Crippen LogP contribution in [0.25, 0.3) is 0 Å². The van der Waals surface area contributed by atoms with Crippen molar-refractivity contribution >= 4 is 27.6 Å². The molecule has 0 aliphatic rings. The minimum atomic E-state index is -4.00. The lowest BCUT2D eigenvalue weighted by Crippen LogP contribution is -2.34. The van der Waals surface area contributed by atoms with E-state index in [0.29, 0.717) is 5.56 Å². The molecule has 0 amide bonds. The lowest BCUT2D eigenvalue weighted by atomic mass is 10.1. The number of carbonyl (C=O) groups excluding carboxylic acids is 3. The molecule has 1 N–H and O–H groups in total. The summed E-state index contributed by atoms with van der Waals surface area (Å²) in [6.45, 7) is 2.00. The van der Waals surface area contributed by atoms with E-state index < -0.39 is 40.2 Å². The van der Waals surface area contributed by atoms with Crippen molar-refractivity contribution < 1.29 is 31.9 Å². The Morgan fingerprint density at radius 1 is 1.00 bits per heavy atom. The topological polar surface area (TPSA) is 107 Å². The lowest BCUT2D eigenvalue weighted by molar-refractivity contribution is -0.144. The van der Waals surface area contributed by atoms with Crippen molar-refractivity contribution in [1.82, 2.24) is 4.72 Å². The maximum Gasteiger partial charge on any atom is 0.321 e. The summed E-state index contributed by atoms with van der Waals surface area (Å²) in [4.78, 5) is 35.1. The monoisotopic (exact) mass is 407 g/mol. The van der Waals surface area contributed by atoms with E-state index >= 15 is 0 Å². The van der Waals surface area contributed by atoms with Crippen molar-refractivity contribution in [2.24, 2.45) is 0 Å². The largest absolute Gasteiger partial charge is 0.453 e. The third kappa shape index (κ3) is 5.54. The number of hydrogen-bond donors (Lipinski definition) is 1. The van der Waals surface area contributed by atoms with Crippen LogP contribution in [-0.4, -0.2) is 38.6 Å². The summed E-state index contributed by atoms with van der Waals surface area (Å²) in [5, 5.41) is 0. The van der Waals surface area contributed by atoms with E-state index in [9.17, 15) is 27.2 Å². The zero-order chi connectivity index (χ0) is 20.9. The van der Waals surface area contributed by atoms with Crippen LogP contribution in [0.1, 0.15) is 34.6 Å². The first-order chi connectivity index (χ1) is 13.1. The Labute approximate surface area is 161 Å².